The van der Waals surface area contributed by atoms with Crippen molar-refractivity contribution in [2.24, 2.45) is 7.05 Å². The molecule has 1 saturated carbocycles. The van der Waals surface area contributed by atoms with Crippen LogP contribution in [0, 0.1) is 12.9 Å². The van der Waals surface area contributed by atoms with Crippen molar-refractivity contribution in [1.29, 1.82) is 0 Å². The highest BCUT2D eigenvalue weighted by molar-refractivity contribution is 6.12. The number of aromatic nitrogens is 2. The number of hydrogen-bond donors (Lipinski definition) is 0. The van der Waals surface area contributed by atoms with Gasteiger partial charge < -0.3 is 4.42 Å². The lowest BCUT2D eigenvalue weighted by atomic mass is 9.84. The van der Waals surface area contributed by atoms with Gasteiger partial charge in [0.25, 0.3) is 0 Å². The number of fused-ring (bicyclic) bond motifs is 3. The standard InChI is InChI=1S/C30H28FN2O/c1-19-11-16-23-24-18-32-30(31)27(22-14-12-21(13-15-22)20-8-4-3-5-9-20)29(24)34-28(23)26(19)25-10-6-7-17-33(25)2/h6-7,10-18,20H,3-5,8-9H2,1-2H3/q+1. The molecule has 0 aliphatic heterocycles. The van der Waals surface area contributed by atoms with Gasteiger partial charge in [0.1, 0.15) is 18.2 Å². The predicted octanol–water partition coefficient (Wildman–Crippen LogP) is 7.63. The molecule has 0 amide bonds. The first-order valence-electron chi connectivity index (χ1n) is 12.2. The molecule has 170 valence electrons. The van der Waals surface area contributed by atoms with E-state index in [0.29, 0.717) is 17.1 Å². The van der Waals surface area contributed by atoms with E-state index in [9.17, 15) is 0 Å². The topological polar surface area (TPSA) is 29.9 Å². The van der Waals surface area contributed by atoms with Crippen molar-refractivity contribution in [2.75, 3.05) is 0 Å². The molecular weight excluding hydrogens is 423 g/mol. The van der Waals surface area contributed by atoms with Gasteiger partial charge in [-0.3, -0.25) is 0 Å². The monoisotopic (exact) mass is 451 g/mol. The maximum Gasteiger partial charge on any atom is 0.224 e. The minimum atomic E-state index is -0.500. The zero-order valence-electron chi connectivity index (χ0n) is 19.6. The van der Waals surface area contributed by atoms with Gasteiger partial charge in [-0.05, 0) is 48.4 Å². The van der Waals surface area contributed by atoms with Crippen LogP contribution < -0.4 is 4.57 Å². The fourth-order valence-corrected chi connectivity index (χ4v) is 5.58. The minimum absolute atomic E-state index is 0.435. The molecule has 0 atom stereocenters. The van der Waals surface area contributed by atoms with Gasteiger partial charge in [-0.1, -0.05) is 55.7 Å². The lowest BCUT2D eigenvalue weighted by Gasteiger charge is -2.22. The highest BCUT2D eigenvalue weighted by atomic mass is 19.1. The number of furan rings is 1. The fourth-order valence-electron chi connectivity index (χ4n) is 5.58. The molecular formula is C30H28FN2O+. The van der Waals surface area contributed by atoms with Crippen molar-refractivity contribution in [3.05, 3.63) is 84.1 Å². The summed E-state index contributed by atoms with van der Waals surface area (Å²) in [5, 5.41) is 1.79. The molecule has 4 heteroatoms. The number of halogens is 1. The molecule has 34 heavy (non-hydrogen) atoms. The quantitative estimate of drug-likeness (QED) is 0.208. The van der Waals surface area contributed by atoms with E-state index in [1.54, 1.807) is 6.20 Å². The summed E-state index contributed by atoms with van der Waals surface area (Å²) in [6.07, 6.45) is 10.0. The summed E-state index contributed by atoms with van der Waals surface area (Å²) in [4.78, 5) is 4.13. The van der Waals surface area contributed by atoms with Gasteiger partial charge in [0.15, 0.2) is 6.20 Å². The summed E-state index contributed by atoms with van der Waals surface area (Å²) >= 11 is 0. The highest BCUT2D eigenvalue weighted by Gasteiger charge is 2.24. The van der Waals surface area contributed by atoms with Gasteiger partial charge in [0.05, 0.1) is 11.1 Å². The van der Waals surface area contributed by atoms with Crippen LogP contribution in [-0.2, 0) is 7.05 Å². The van der Waals surface area contributed by atoms with E-state index in [-0.39, 0.29) is 0 Å². The zero-order chi connectivity index (χ0) is 23.2. The van der Waals surface area contributed by atoms with Crippen molar-refractivity contribution < 1.29 is 13.4 Å². The van der Waals surface area contributed by atoms with E-state index in [1.807, 2.05) is 37.5 Å². The Kier molecular flexibility index (Phi) is 5.17. The Balaban J connectivity index is 1.54. The summed E-state index contributed by atoms with van der Waals surface area (Å²) in [6.45, 7) is 2.08. The number of aryl methyl sites for hydroxylation is 2. The molecule has 3 aromatic heterocycles. The Labute approximate surface area is 198 Å². The molecule has 1 fully saturated rings. The second-order valence-electron chi connectivity index (χ2n) is 9.56. The molecule has 6 rings (SSSR count). The van der Waals surface area contributed by atoms with Gasteiger partial charge in [-0.2, -0.15) is 4.39 Å². The molecule has 2 aromatic carbocycles. The van der Waals surface area contributed by atoms with Gasteiger partial charge in [-0.25, -0.2) is 9.55 Å². The number of hydrogen-bond acceptors (Lipinski definition) is 2. The molecule has 0 saturated heterocycles. The van der Waals surface area contributed by atoms with Crippen LogP contribution in [0.1, 0.15) is 49.1 Å². The van der Waals surface area contributed by atoms with Crippen LogP contribution in [0.15, 0.2) is 71.4 Å². The largest absolute Gasteiger partial charge is 0.454 e. The van der Waals surface area contributed by atoms with E-state index < -0.39 is 5.95 Å². The molecule has 0 spiro atoms. The number of rotatable bonds is 3. The molecule has 0 radical (unpaired) electrons. The Morgan fingerprint density at radius 3 is 2.41 bits per heavy atom. The Bertz CT molecular complexity index is 1510. The van der Waals surface area contributed by atoms with Crippen molar-refractivity contribution in [1.82, 2.24) is 4.98 Å². The van der Waals surface area contributed by atoms with Crippen LogP contribution in [0.5, 0.6) is 0 Å². The second kappa shape index (κ2) is 8.35. The lowest BCUT2D eigenvalue weighted by molar-refractivity contribution is -0.660. The minimum Gasteiger partial charge on any atom is -0.454 e. The summed E-state index contributed by atoms with van der Waals surface area (Å²) in [7, 11) is 2.02. The van der Waals surface area contributed by atoms with Crippen LogP contribution in [0.25, 0.3) is 44.3 Å². The summed E-state index contributed by atoms with van der Waals surface area (Å²) in [5.41, 5.74) is 7.10. The van der Waals surface area contributed by atoms with Gasteiger partial charge in [-0.15, -0.1) is 0 Å². The van der Waals surface area contributed by atoms with Crippen molar-refractivity contribution in [3.63, 3.8) is 0 Å². The third-order valence-corrected chi connectivity index (χ3v) is 7.43. The number of nitrogens with zero attached hydrogens (tertiary/aromatic N) is 2. The Hall–Kier alpha value is -3.53. The number of pyridine rings is 2. The summed E-state index contributed by atoms with van der Waals surface area (Å²) in [6, 6.07) is 18.6. The zero-order valence-corrected chi connectivity index (χ0v) is 19.6. The van der Waals surface area contributed by atoms with E-state index in [1.165, 1.54) is 37.7 Å². The van der Waals surface area contributed by atoms with Crippen molar-refractivity contribution in [3.8, 4) is 22.4 Å². The number of benzene rings is 2. The third-order valence-electron chi connectivity index (χ3n) is 7.43. The average Bonchev–Trinajstić information content (AvgIpc) is 3.24. The van der Waals surface area contributed by atoms with Crippen LogP contribution >= 0.6 is 0 Å². The van der Waals surface area contributed by atoms with Gasteiger partial charge in [0.2, 0.25) is 11.6 Å². The van der Waals surface area contributed by atoms with Crippen LogP contribution in [0.2, 0.25) is 0 Å². The molecule has 0 bridgehead atoms. The van der Waals surface area contributed by atoms with Crippen LogP contribution in [0.4, 0.5) is 4.39 Å². The Morgan fingerprint density at radius 2 is 1.65 bits per heavy atom. The second-order valence-corrected chi connectivity index (χ2v) is 9.56. The van der Waals surface area contributed by atoms with Crippen molar-refractivity contribution in [2.45, 2.75) is 44.9 Å². The molecule has 5 aromatic rings. The highest BCUT2D eigenvalue weighted by Crippen LogP contribution is 2.41. The first kappa shape index (κ1) is 21.0. The van der Waals surface area contributed by atoms with Crippen molar-refractivity contribution >= 4 is 21.9 Å². The smallest absolute Gasteiger partial charge is 0.224 e. The fraction of sp³-hybridized carbons (Fsp3) is 0.267. The van der Waals surface area contributed by atoms with Crippen LogP contribution in [-0.4, -0.2) is 4.98 Å². The molecule has 3 heterocycles. The van der Waals surface area contributed by atoms with E-state index in [2.05, 4.69) is 46.8 Å². The SMILES string of the molecule is Cc1ccc2c(oc3c(-c4ccc(C5CCCCC5)cc4)c(F)ncc32)c1-c1cccc[n+]1C. The molecule has 3 nitrogen and oxygen atoms in total. The average molecular weight is 452 g/mol. The summed E-state index contributed by atoms with van der Waals surface area (Å²) < 4.78 is 23.8. The first-order chi connectivity index (χ1) is 16.6. The molecule has 0 unspecified atom stereocenters. The summed E-state index contributed by atoms with van der Waals surface area (Å²) in [5.74, 6) is 0.116. The maximum absolute atomic E-state index is 15.2. The molecule has 0 N–H and O–H groups in total. The third kappa shape index (κ3) is 3.40. The lowest BCUT2D eigenvalue weighted by Crippen LogP contribution is -2.30. The van der Waals surface area contributed by atoms with Crippen LogP contribution in [0.3, 0.4) is 0 Å². The van der Waals surface area contributed by atoms with E-state index in [4.69, 9.17) is 4.42 Å². The van der Waals surface area contributed by atoms with Gasteiger partial charge in [0, 0.05) is 29.1 Å². The maximum atomic E-state index is 15.2. The van der Waals surface area contributed by atoms with Gasteiger partial charge >= 0.3 is 0 Å². The Morgan fingerprint density at radius 1 is 0.882 bits per heavy atom. The van der Waals surface area contributed by atoms with E-state index >= 15 is 4.39 Å². The van der Waals surface area contributed by atoms with E-state index in [0.717, 1.165) is 38.7 Å². The molecule has 1 aliphatic carbocycles. The normalized spacial score (nSPS) is 14.8. The molecule has 1 aliphatic rings. The predicted molar refractivity (Wildman–Crippen MR) is 134 cm³/mol. The first-order valence-corrected chi connectivity index (χ1v) is 12.2.